The first-order chi connectivity index (χ1) is 14.4. The minimum Gasteiger partial charge on any atom is -0.353 e. The summed E-state index contributed by atoms with van der Waals surface area (Å²) in [6.45, 7) is 5.32. The predicted molar refractivity (Wildman–Crippen MR) is 116 cm³/mol. The van der Waals surface area contributed by atoms with Gasteiger partial charge in [0.05, 0.1) is 0 Å². The summed E-state index contributed by atoms with van der Waals surface area (Å²) in [5, 5.41) is 6.69. The Morgan fingerprint density at radius 1 is 1.27 bits per heavy atom. The van der Waals surface area contributed by atoms with Crippen molar-refractivity contribution in [3.05, 3.63) is 16.7 Å². The van der Waals surface area contributed by atoms with Gasteiger partial charge in [-0.25, -0.2) is 4.98 Å². The van der Waals surface area contributed by atoms with Gasteiger partial charge in [0.25, 0.3) is 5.56 Å². The van der Waals surface area contributed by atoms with Crippen LogP contribution in [0.3, 0.4) is 0 Å². The average molecular weight is 433 g/mol. The van der Waals surface area contributed by atoms with E-state index in [0.29, 0.717) is 16.4 Å². The number of hydrogen-bond acceptors (Lipinski definition) is 7. The summed E-state index contributed by atoms with van der Waals surface area (Å²) in [5.41, 5.74) is 0.161. The van der Waals surface area contributed by atoms with E-state index in [2.05, 4.69) is 25.5 Å². The van der Waals surface area contributed by atoms with Gasteiger partial charge in [0, 0.05) is 31.1 Å². The first-order valence-corrected chi connectivity index (χ1v) is 11.5. The maximum absolute atomic E-state index is 12.8. The second-order valence-corrected chi connectivity index (χ2v) is 9.23. The van der Waals surface area contributed by atoms with Gasteiger partial charge >= 0.3 is 0 Å². The Balaban J connectivity index is 1.42. The lowest BCUT2D eigenvalue weighted by molar-refractivity contribution is -0.125. The molecule has 1 aliphatic carbocycles. The summed E-state index contributed by atoms with van der Waals surface area (Å²) in [4.78, 5) is 48.1. The topological polar surface area (TPSA) is 109 Å². The largest absolute Gasteiger partial charge is 0.353 e. The van der Waals surface area contributed by atoms with Crippen LogP contribution in [-0.2, 0) is 16.1 Å². The summed E-state index contributed by atoms with van der Waals surface area (Å²) in [7, 11) is 0. The Bertz CT molecular complexity index is 990. The minimum atomic E-state index is -0.248. The number of fused-ring (bicyclic) bond motifs is 1. The summed E-state index contributed by atoms with van der Waals surface area (Å²) >= 11 is 1.31. The van der Waals surface area contributed by atoms with E-state index in [9.17, 15) is 14.4 Å². The van der Waals surface area contributed by atoms with Gasteiger partial charge in [-0.2, -0.15) is 4.98 Å². The number of aromatic nitrogens is 3. The van der Waals surface area contributed by atoms with E-state index in [1.54, 1.807) is 0 Å². The summed E-state index contributed by atoms with van der Waals surface area (Å²) in [6, 6.07) is 0.453. The number of nitrogens with one attached hydrogen (secondary N) is 2. The van der Waals surface area contributed by atoms with Crippen LogP contribution in [0.25, 0.3) is 10.3 Å². The van der Waals surface area contributed by atoms with Crippen LogP contribution in [-0.4, -0.2) is 51.5 Å². The zero-order valence-electron chi connectivity index (χ0n) is 17.4. The van der Waals surface area contributed by atoms with Crippen LogP contribution in [0.2, 0.25) is 0 Å². The van der Waals surface area contributed by atoms with Crippen LogP contribution < -0.4 is 21.1 Å². The molecule has 1 atom stereocenters. The highest BCUT2D eigenvalue weighted by molar-refractivity contribution is 7.22. The number of amides is 2. The zero-order chi connectivity index (χ0) is 21.3. The minimum absolute atomic E-state index is 0.0515. The van der Waals surface area contributed by atoms with Gasteiger partial charge in [-0.05, 0) is 39.0 Å². The standard InChI is InChI=1S/C20H28N6O3S/c1-3-12(2)22-15(27)10-26-11-21-17-16(19(26)29)30-20(24-17)25-8-6-13(7-9-25)18(28)23-14-4-5-14/h11-14H,3-10H2,1-2H3,(H,22,27)(H,23,28)/t12-/m1/s1. The van der Waals surface area contributed by atoms with Crippen molar-refractivity contribution in [3.8, 4) is 0 Å². The Labute approximate surface area is 178 Å². The van der Waals surface area contributed by atoms with Crippen molar-refractivity contribution in [1.29, 1.82) is 0 Å². The molecule has 3 heterocycles. The fourth-order valence-corrected chi connectivity index (χ4v) is 4.56. The van der Waals surface area contributed by atoms with Gasteiger partial charge in [0.1, 0.15) is 17.6 Å². The third kappa shape index (κ3) is 4.63. The van der Waals surface area contributed by atoms with E-state index < -0.39 is 0 Å². The van der Waals surface area contributed by atoms with E-state index in [4.69, 9.17) is 0 Å². The highest BCUT2D eigenvalue weighted by atomic mass is 32.1. The molecule has 2 aromatic heterocycles. The Kier molecular flexibility index (Phi) is 6.03. The monoisotopic (exact) mass is 432 g/mol. The molecule has 30 heavy (non-hydrogen) atoms. The summed E-state index contributed by atoms with van der Waals surface area (Å²) in [6.07, 6.45) is 5.97. The van der Waals surface area contributed by atoms with E-state index in [-0.39, 0.29) is 35.9 Å². The molecule has 2 aromatic rings. The highest BCUT2D eigenvalue weighted by Gasteiger charge is 2.30. The molecule has 0 spiro atoms. The zero-order valence-corrected chi connectivity index (χ0v) is 18.2. The molecule has 10 heteroatoms. The fourth-order valence-electron chi connectivity index (χ4n) is 3.54. The molecule has 1 aliphatic heterocycles. The summed E-state index contributed by atoms with van der Waals surface area (Å²) in [5.74, 6) is 0.0150. The van der Waals surface area contributed by atoms with Crippen molar-refractivity contribution in [2.45, 2.75) is 64.6 Å². The molecule has 162 valence electrons. The van der Waals surface area contributed by atoms with Crippen molar-refractivity contribution < 1.29 is 9.59 Å². The van der Waals surface area contributed by atoms with E-state index in [1.807, 2.05) is 13.8 Å². The Hall–Kier alpha value is -2.49. The number of carbonyl (C=O) groups excluding carboxylic acids is 2. The van der Waals surface area contributed by atoms with E-state index >= 15 is 0 Å². The van der Waals surface area contributed by atoms with Crippen LogP contribution in [0.5, 0.6) is 0 Å². The molecule has 9 nitrogen and oxygen atoms in total. The lowest BCUT2D eigenvalue weighted by atomic mass is 9.96. The molecule has 2 amide bonds. The van der Waals surface area contributed by atoms with Crippen molar-refractivity contribution >= 4 is 38.6 Å². The smallest absolute Gasteiger partial charge is 0.273 e. The number of piperidine rings is 1. The Morgan fingerprint density at radius 2 is 2.00 bits per heavy atom. The van der Waals surface area contributed by atoms with Gasteiger partial charge in [0.2, 0.25) is 11.8 Å². The molecule has 0 radical (unpaired) electrons. The average Bonchev–Trinajstić information content (AvgIpc) is 3.44. The molecular weight excluding hydrogens is 404 g/mol. The third-order valence-corrected chi connectivity index (χ3v) is 6.86. The lowest BCUT2D eigenvalue weighted by Crippen LogP contribution is -2.41. The number of carbonyl (C=O) groups is 2. The molecule has 0 aromatic carbocycles. The SMILES string of the molecule is CC[C@@H](C)NC(=O)Cn1cnc2nc(N3CCC(C(=O)NC4CC4)CC3)sc2c1=O. The molecule has 2 fully saturated rings. The van der Waals surface area contributed by atoms with Crippen LogP contribution in [0.4, 0.5) is 5.13 Å². The van der Waals surface area contributed by atoms with E-state index in [0.717, 1.165) is 50.3 Å². The molecule has 1 saturated heterocycles. The second kappa shape index (κ2) is 8.71. The van der Waals surface area contributed by atoms with Crippen LogP contribution in [0.1, 0.15) is 46.0 Å². The van der Waals surface area contributed by atoms with Gasteiger partial charge in [-0.1, -0.05) is 18.3 Å². The quantitative estimate of drug-likeness (QED) is 0.682. The number of hydrogen-bond donors (Lipinski definition) is 2. The first-order valence-electron chi connectivity index (χ1n) is 10.6. The number of rotatable bonds is 7. The summed E-state index contributed by atoms with van der Waals surface area (Å²) < 4.78 is 1.79. The molecule has 1 saturated carbocycles. The Morgan fingerprint density at radius 3 is 2.67 bits per heavy atom. The predicted octanol–water partition coefficient (Wildman–Crippen LogP) is 1.26. The molecule has 0 bridgehead atoms. The third-order valence-electron chi connectivity index (χ3n) is 5.77. The van der Waals surface area contributed by atoms with Crippen molar-refractivity contribution in [2.75, 3.05) is 18.0 Å². The van der Waals surface area contributed by atoms with Gasteiger partial charge in [-0.15, -0.1) is 0 Å². The van der Waals surface area contributed by atoms with Gasteiger partial charge < -0.3 is 15.5 Å². The van der Waals surface area contributed by atoms with Gasteiger partial charge in [0.15, 0.2) is 10.8 Å². The fraction of sp³-hybridized carbons (Fsp3) is 0.650. The van der Waals surface area contributed by atoms with E-state index in [1.165, 1.54) is 22.2 Å². The maximum atomic E-state index is 12.8. The molecule has 0 unspecified atom stereocenters. The van der Waals surface area contributed by atoms with Crippen LogP contribution in [0, 0.1) is 5.92 Å². The van der Waals surface area contributed by atoms with Crippen molar-refractivity contribution in [3.63, 3.8) is 0 Å². The second-order valence-electron chi connectivity index (χ2n) is 8.25. The van der Waals surface area contributed by atoms with Crippen molar-refractivity contribution in [1.82, 2.24) is 25.2 Å². The normalized spacial score (nSPS) is 18.4. The molecular formula is C20H28N6O3S. The maximum Gasteiger partial charge on any atom is 0.273 e. The van der Waals surface area contributed by atoms with Crippen LogP contribution >= 0.6 is 11.3 Å². The van der Waals surface area contributed by atoms with Crippen LogP contribution in [0.15, 0.2) is 11.1 Å². The highest BCUT2D eigenvalue weighted by Crippen LogP contribution is 2.29. The number of nitrogens with zero attached hydrogens (tertiary/aromatic N) is 4. The molecule has 2 aliphatic rings. The van der Waals surface area contributed by atoms with Gasteiger partial charge in [-0.3, -0.25) is 19.0 Å². The lowest BCUT2D eigenvalue weighted by Gasteiger charge is -2.30. The van der Waals surface area contributed by atoms with Crippen molar-refractivity contribution in [2.24, 2.45) is 5.92 Å². The number of thiazole rings is 1. The first kappa shape index (κ1) is 20.8. The number of anilines is 1. The molecule has 4 rings (SSSR count). The molecule has 2 N–H and O–H groups in total.